The third-order valence-corrected chi connectivity index (χ3v) is 34.1. The van der Waals surface area contributed by atoms with Gasteiger partial charge in [0.2, 0.25) is 5.91 Å². The number of carbonyl (C=O) groups excluding carboxylic acids is 2. The van der Waals surface area contributed by atoms with Crippen molar-refractivity contribution in [2.75, 3.05) is 18.8 Å². The second-order valence-electron chi connectivity index (χ2n) is 33.5. The van der Waals surface area contributed by atoms with Crippen molar-refractivity contribution in [1.82, 2.24) is 10.2 Å². The van der Waals surface area contributed by atoms with Crippen LogP contribution >= 0.6 is 21.6 Å². The van der Waals surface area contributed by atoms with E-state index < -0.39 is 17.3 Å². The number of aliphatic hydroxyl groups excluding tert-OH is 1. The van der Waals surface area contributed by atoms with E-state index in [0.717, 1.165) is 86.3 Å². The van der Waals surface area contributed by atoms with Crippen LogP contribution in [0, 0.1) is 73.9 Å². The average Bonchev–Trinajstić information content (AvgIpc) is 1.55. The van der Waals surface area contributed by atoms with Gasteiger partial charge in [0.1, 0.15) is 16.1 Å². The first kappa shape index (κ1) is 58.5. The number of ether oxygens (including phenoxy) is 2. The van der Waals surface area contributed by atoms with Crippen LogP contribution in [0.2, 0.25) is 0 Å². The number of allylic oxidation sites excluding steroid dienone is 1. The fraction of sp³-hybridized carbons (Fsp3) is 0.776. The summed E-state index contributed by atoms with van der Waals surface area (Å²) in [6, 6.07) is 13.2. The van der Waals surface area contributed by atoms with E-state index in [2.05, 4.69) is 80.4 Å². The third kappa shape index (κ3) is 8.43. The first-order valence-electron chi connectivity index (χ1n) is 36.6. The number of aryl methyl sites for hydroxylation is 1. The van der Waals surface area contributed by atoms with E-state index in [1.165, 1.54) is 153 Å². The van der Waals surface area contributed by atoms with Gasteiger partial charge in [0.25, 0.3) is 0 Å². The van der Waals surface area contributed by atoms with Gasteiger partial charge in [-0.1, -0.05) is 90.1 Å². The van der Waals surface area contributed by atoms with Crippen molar-refractivity contribution in [3.8, 4) is 11.5 Å². The highest BCUT2D eigenvalue weighted by molar-refractivity contribution is 8.77. The molecule has 2 aromatic carbocycles. The highest BCUT2D eigenvalue weighted by Gasteiger charge is 2.79. The first-order valence-corrected chi connectivity index (χ1v) is 38.9. The zero-order valence-electron chi connectivity index (χ0n) is 53.3. The molecule has 0 aromatic heterocycles. The van der Waals surface area contributed by atoms with Crippen molar-refractivity contribution in [2.45, 2.75) is 272 Å². The van der Waals surface area contributed by atoms with Crippen LogP contribution in [0.3, 0.4) is 0 Å². The van der Waals surface area contributed by atoms with Crippen molar-refractivity contribution >= 4 is 39.4 Å². The van der Waals surface area contributed by atoms with E-state index in [0.29, 0.717) is 84.5 Å². The number of nitrogens with one attached hydrogen (secondary N) is 1. The number of nitrogens with two attached hydrogens (primary N) is 1. The Morgan fingerprint density at radius 3 is 2.39 bits per heavy atom. The monoisotopic (exact) mass is 1230 g/mol. The molecule has 11 saturated carbocycles. The second kappa shape index (κ2) is 21.3. The molecule has 18 aliphatic rings. The number of benzene rings is 2. The number of guanidine groups is 1. The lowest BCUT2D eigenvalue weighted by Crippen LogP contribution is -2.60. The van der Waals surface area contributed by atoms with Gasteiger partial charge in [0.05, 0.1) is 6.10 Å². The van der Waals surface area contributed by atoms with Crippen molar-refractivity contribution in [1.29, 1.82) is 0 Å². The van der Waals surface area contributed by atoms with Gasteiger partial charge < -0.3 is 35.6 Å². The van der Waals surface area contributed by atoms with Crippen LogP contribution in [0.4, 0.5) is 0 Å². The Morgan fingerprint density at radius 2 is 1.55 bits per heavy atom. The zero-order chi connectivity index (χ0) is 59.5. The number of carbonyl (C=O) groups is 2. The highest BCUT2D eigenvalue weighted by Crippen LogP contribution is 2.87. The number of nitrogens with zero attached hydrogens (tertiary/aromatic N) is 2. The fourth-order valence-corrected chi connectivity index (χ4v) is 31.5. The molecule has 10 bridgehead atoms. The lowest BCUT2D eigenvalue weighted by atomic mass is 9.39. The van der Waals surface area contributed by atoms with Crippen LogP contribution in [0.25, 0.3) is 0 Å². The lowest BCUT2D eigenvalue weighted by Gasteiger charge is -2.65. The number of aliphatic imine (C=N–C) groups is 1. The maximum atomic E-state index is 15.1. The predicted molar refractivity (Wildman–Crippen MR) is 351 cm³/mol. The lowest BCUT2D eigenvalue weighted by molar-refractivity contribution is -0.182. The Hall–Kier alpha value is -3.35. The van der Waals surface area contributed by atoms with Gasteiger partial charge in [-0.25, -0.2) is 0 Å². The van der Waals surface area contributed by atoms with Gasteiger partial charge in [-0.05, 0) is 266 Å². The van der Waals surface area contributed by atoms with Crippen molar-refractivity contribution < 1.29 is 29.3 Å². The molecule has 0 radical (unpaired) electrons. The summed E-state index contributed by atoms with van der Waals surface area (Å²) < 4.78 is 14.0. The molecule has 10 nitrogen and oxygen atoms in total. The number of amides is 1. The van der Waals surface area contributed by atoms with E-state index in [1.54, 1.807) is 6.92 Å². The Labute approximate surface area is 533 Å². The van der Waals surface area contributed by atoms with E-state index in [4.69, 9.17) is 20.2 Å². The molecular weight excluding hydrogens is 1130 g/mol. The van der Waals surface area contributed by atoms with E-state index in [1.807, 2.05) is 0 Å². The largest absolute Gasteiger partial charge is 0.504 e. The number of aliphatic hydroxyl groups is 1. The summed E-state index contributed by atoms with van der Waals surface area (Å²) in [6.07, 6.45) is 45.1. The molecule has 17 atom stereocenters. The number of phenols is 1. The van der Waals surface area contributed by atoms with Crippen LogP contribution in [0.5, 0.6) is 11.5 Å². The van der Waals surface area contributed by atoms with Crippen molar-refractivity contribution in [3.63, 3.8) is 0 Å². The second-order valence-corrected chi connectivity index (χ2v) is 36.1. The standard InChI is InChI=1S/C76H104N4O6S2/c1-49(81)85-70-33-22-51-40-54(65(84)66-64(51)52-23-35-74(86-66)30-9-15-56(74)41-52)46-80-48-71(44-63(80)83)57(18-20-60(71)50-12-3-2-4-13-50)45-78-67(77)79-76(32-11-29-69(76)27-7-8-28-69)88-87-47-58-17-16-53(59(24-34-70)61(82)43-70)42-73(58)39-38-72-37-36-68(25-5-6-26-68)62(72)21-19-55-14-10-31-75(55,72)73/h2-4,12-13,23,35,40,52-53,55-62,82,84H,5-11,14-22,24-34,36-39,41-48H2,1H3,(H3,77,78,79). The molecule has 12 fully saturated rings. The zero-order valence-corrected chi connectivity index (χ0v) is 54.9. The van der Waals surface area contributed by atoms with Gasteiger partial charge in [-0.3, -0.25) is 14.6 Å². The van der Waals surface area contributed by atoms with Gasteiger partial charge in [0, 0.05) is 78.9 Å². The van der Waals surface area contributed by atoms with Crippen LogP contribution in [-0.2, 0) is 27.3 Å². The molecule has 1 amide bonds. The van der Waals surface area contributed by atoms with Gasteiger partial charge in [-0.15, -0.1) is 0 Å². The molecule has 6 heterocycles. The van der Waals surface area contributed by atoms with Crippen LogP contribution in [-0.4, -0.2) is 74.0 Å². The topological polar surface area (TPSA) is 147 Å². The molecule has 476 valence electrons. The fourth-order valence-electron chi connectivity index (χ4n) is 27.5. The molecule has 1 saturated heterocycles. The molecule has 5 N–H and O–H groups in total. The summed E-state index contributed by atoms with van der Waals surface area (Å²) in [5.41, 5.74) is 11.9. The van der Waals surface area contributed by atoms with E-state index in [9.17, 15) is 15.0 Å². The molecule has 2 aromatic rings. The SMILES string of the molecule is CC(=O)OC12CCc3cc(c(O)c4c3C3C=CC5(CCCC5C3)O4)CN3CC4(CC3=O)C(CCC4c3ccccc3)CN=C(N)NC3(CCCC34CCCC4)SSCC3CCC(CC34CCC35CCC6(CCCC6)C3CCC3CCCC345)C(CC1)C(O)C2. The Kier molecular flexibility index (Phi) is 14.2. The quantitative estimate of drug-likeness (QED) is 0.130. The Balaban J connectivity index is 0.773. The van der Waals surface area contributed by atoms with Crippen molar-refractivity contribution in [2.24, 2.45) is 84.6 Å². The molecule has 88 heavy (non-hydrogen) atoms. The number of aromatic hydroxyl groups is 1. The summed E-state index contributed by atoms with van der Waals surface area (Å²) in [6.45, 7) is 3.03. The van der Waals surface area contributed by atoms with Crippen LogP contribution in [0.1, 0.15) is 259 Å². The smallest absolute Gasteiger partial charge is 0.303 e. The average molecular weight is 1230 g/mol. The minimum absolute atomic E-state index is 0.0905. The van der Waals surface area contributed by atoms with Crippen LogP contribution < -0.4 is 15.8 Å². The minimum Gasteiger partial charge on any atom is -0.504 e. The Morgan fingerprint density at radius 1 is 0.773 bits per heavy atom. The van der Waals surface area contributed by atoms with Gasteiger partial charge in [0.15, 0.2) is 17.5 Å². The number of phenolic OH excluding ortho intramolecular Hbond substituents is 1. The third-order valence-electron chi connectivity index (χ3n) is 30.8. The minimum atomic E-state index is -0.814. The number of rotatable bonds is 2. The molecule has 6 aliphatic heterocycles. The summed E-state index contributed by atoms with van der Waals surface area (Å²) in [5.74, 6) is 6.22. The van der Waals surface area contributed by atoms with E-state index in [-0.39, 0.29) is 69.0 Å². The number of esters is 1. The molecule has 17 unspecified atom stereocenters. The van der Waals surface area contributed by atoms with E-state index >= 15 is 4.79 Å². The molecule has 12 heteroatoms. The normalized spacial score (nSPS) is 45.3. The summed E-state index contributed by atoms with van der Waals surface area (Å²) >= 11 is 0. The predicted octanol–water partition coefficient (Wildman–Crippen LogP) is 16.1. The van der Waals surface area contributed by atoms with Crippen molar-refractivity contribution in [3.05, 3.63) is 70.8 Å². The van der Waals surface area contributed by atoms with Gasteiger partial charge in [-0.2, -0.15) is 0 Å². The number of fused-ring (bicyclic) bond motifs is 2. The maximum absolute atomic E-state index is 15.1. The molecule has 8 spiro atoms. The molecule has 20 rings (SSSR count). The summed E-state index contributed by atoms with van der Waals surface area (Å²) in [7, 11) is 4.42. The maximum Gasteiger partial charge on any atom is 0.303 e. The van der Waals surface area contributed by atoms with Gasteiger partial charge >= 0.3 is 5.97 Å². The number of hydrogen-bond donors (Lipinski definition) is 4. The number of hydrogen-bond acceptors (Lipinski definition) is 11. The molecule has 12 aliphatic carbocycles. The summed E-state index contributed by atoms with van der Waals surface area (Å²) in [4.78, 5) is 36.1. The Bertz CT molecular complexity index is 3140. The summed E-state index contributed by atoms with van der Waals surface area (Å²) in [5, 5.41) is 30.2. The van der Waals surface area contributed by atoms with Crippen LogP contribution in [0.15, 0.2) is 53.5 Å². The highest BCUT2D eigenvalue weighted by atomic mass is 33.1. The molecular formula is C76H104N4O6S2. The first-order chi connectivity index (χ1) is 42.7.